The van der Waals surface area contributed by atoms with Crippen molar-refractivity contribution in [3.05, 3.63) is 39.2 Å². The Kier molecular flexibility index (Phi) is 6.55. The largest absolute Gasteiger partial charge is 0.483 e. The van der Waals surface area contributed by atoms with E-state index >= 15 is 0 Å². The molecule has 0 atom stereocenters. The van der Waals surface area contributed by atoms with Crippen LogP contribution in [0.1, 0.15) is 29.5 Å². The molecule has 0 unspecified atom stereocenters. The molecule has 1 amide bonds. The van der Waals surface area contributed by atoms with Crippen LogP contribution in [0.2, 0.25) is 0 Å². The van der Waals surface area contributed by atoms with Crippen molar-refractivity contribution in [1.82, 2.24) is 9.80 Å². The van der Waals surface area contributed by atoms with E-state index in [1.165, 1.54) is 0 Å². The summed E-state index contributed by atoms with van der Waals surface area (Å²) >= 11 is 0. The molecule has 1 aliphatic rings. The van der Waals surface area contributed by atoms with E-state index in [4.69, 9.17) is 14.4 Å². The van der Waals surface area contributed by atoms with Gasteiger partial charge in [-0.2, -0.15) is 5.26 Å². The molecule has 0 radical (unpaired) electrons. The molecule has 1 aliphatic heterocycles. The number of piperazine rings is 1. The van der Waals surface area contributed by atoms with Gasteiger partial charge in [-0.25, -0.2) is 4.79 Å². The SMILES string of the molecule is Cc1cc(OCC(=O)N2CCN(CCCC#N)CC2)c2c(C)c(C)c(=O)oc2c1. The lowest BCUT2D eigenvalue weighted by atomic mass is 10.0. The summed E-state index contributed by atoms with van der Waals surface area (Å²) in [5.41, 5.74) is 2.38. The number of aryl methyl sites for hydroxylation is 2. The minimum atomic E-state index is -0.352. The average molecular weight is 397 g/mol. The van der Waals surface area contributed by atoms with Gasteiger partial charge in [-0.15, -0.1) is 0 Å². The molecule has 1 aromatic carbocycles. The van der Waals surface area contributed by atoms with Crippen LogP contribution in [0.5, 0.6) is 5.75 Å². The van der Waals surface area contributed by atoms with E-state index in [2.05, 4.69) is 11.0 Å². The lowest BCUT2D eigenvalue weighted by molar-refractivity contribution is -0.135. The van der Waals surface area contributed by atoms with Gasteiger partial charge < -0.3 is 14.1 Å². The summed E-state index contributed by atoms with van der Waals surface area (Å²) in [4.78, 5) is 28.7. The zero-order valence-electron chi connectivity index (χ0n) is 17.3. The highest BCUT2D eigenvalue weighted by atomic mass is 16.5. The average Bonchev–Trinajstić information content (AvgIpc) is 2.70. The number of carbonyl (C=O) groups excluding carboxylic acids is 1. The Bertz CT molecular complexity index is 998. The van der Waals surface area contributed by atoms with Crippen molar-refractivity contribution < 1.29 is 13.9 Å². The zero-order valence-corrected chi connectivity index (χ0v) is 17.3. The summed E-state index contributed by atoms with van der Waals surface area (Å²) in [6.45, 7) is 9.29. The highest BCUT2D eigenvalue weighted by Crippen LogP contribution is 2.30. The second kappa shape index (κ2) is 9.10. The molecule has 0 N–H and O–H groups in total. The number of hydrogen-bond acceptors (Lipinski definition) is 6. The maximum absolute atomic E-state index is 12.6. The van der Waals surface area contributed by atoms with E-state index < -0.39 is 0 Å². The quantitative estimate of drug-likeness (QED) is 0.550. The monoisotopic (exact) mass is 397 g/mol. The predicted molar refractivity (Wildman–Crippen MR) is 110 cm³/mol. The predicted octanol–water partition coefficient (Wildman–Crippen LogP) is 2.55. The Hall–Kier alpha value is -2.85. The molecule has 1 fully saturated rings. The highest BCUT2D eigenvalue weighted by Gasteiger charge is 2.22. The van der Waals surface area contributed by atoms with Crippen LogP contribution in [0.3, 0.4) is 0 Å². The molecule has 2 aromatic rings. The normalized spacial score (nSPS) is 14.8. The first-order valence-electron chi connectivity index (χ1n) is 9.95. The van der Waals surface area contributed by atoms with Crippen LogP contribution in [0.15, 0.2) is 21.3 Å². The van der Waals surface area contributed by atoms with Crippen LogP contribution in [0.25, 0.3) is 11.0 Å². The summed E-state index contributed by atoms with van der Waals surface area (Å²) in [6.07, 6.45) is 1.43. The van der Waals surface area contributed by atoms with Gasteiger partial charge in [0.1, 0.15) is 11.3 Å². The fraction of sp³-hybridized carbons (Fsp3) is 0.500. The van der Waals surface area contributed by atoms with Crippen LogP contribution in [-0.4, -0.2) is 55.0 Å². The van der Waals surface area contributed by atoms with Gasteiger partial charge in [-0.1, -0.05) is 0 Å². The van der Waals surface area contributed by atoms with Crippen molar-refractivity contribution in [2.24, 2.45) is 0 Å². The van der Waals surface area contributed by atoms with Gasteiger partial charge in [0.2, 0.25) is 0 Å². The Morgan fingerprint density at radius 1 is 1.17 bits per heavy atom. The van der Waals surface area contributed by atoms with Crippen molar-refractivity contribution in [3.63, 3.8) is 0 Å². The number of benzene rings is 1. The zero-order chi connectivity index (χ0) is 21.0. The van der Waals surface area contributed by atoms with Crippen LogP contribution in [0, 0.1) is 32.1 Å². The topological polar surface area (TPSA) is 86.8 Å². The first-order chi connectivity index (χ1) is 13.9. The minimum Gasteiger partial charge on any atom is -0.483 e. The van der Waals surface area contributed by atoms with E-state index in [0.717, 1.165) is 42.6 Å². The summed E-state index contributed by atoms with van der Waals surface area (Å²) in [5, 5.41) is 9.37. The molecular formula is C22H27N3O4. The molecule has 1 saturated heterocycles. The molecule has 154 valence electrons. The third-order valence-corrected chi connectivity index (χ3v) is 5.50. The maximum Gasteiger partial charge on any atom is 0.339 e. The van der Waals surface area contributed by atoms with Gasteiger partial charge in [-0.05, 0) is 57.0 Å². The first-order valence-corrected chi connectivity index (χ1v) is 9.95. The number of carbonyl (C=O) groups is 1. The summed E-state index contributed by atoms with van der Waals surface area (Å²) < 4.78 is 11.3. The molecule has 0 spiro atoms. The van der Waals surface area contributed by atoms with Gasteiger partial charge in [0, 0.05) is 38.2 Å². The molecule has 2 heterocycles. The van der Waals surface area contributed by atoms with E-state index in [0.29, 0.717) is 36.4 Å². The van der Waals surface area contributed by atoms with Gasteiger partial charge in [-0.3, -0.25) is 9.69 Å². The number of nitriles is 1. The van der Waals surface area contributed by atoms with Crippen LogP contribution >= 0.6 is 0 Å². The third-order valence-electron chi connectivity index (χ3n) is 5.50. The van der Waals surface area contributed by atoms with Gasteiger partial charge in [0.25, 0.3) is 5.91 Å². The van der Waals surface area contributed by atoms with E-state index in [9.17, 15) is 9.59 Å². The number of amides is 1. The van der Waals surface area contributed by atoms with E-state index in [-0.39, 0.29) is 18.1 Å². The first kappa shape index (κ1) is 20.9. The maximum atomic E-state index is 12.6. The second-order valence-electron chi connectivity index (χ2n) is 7.55. The lowest BCUT2D eigenvalue weighted by Crippen LogP contribution is -2.50. The molecule has 1 aromatic heterocycles. The van der Waals surface area contributed by atoms with Crippen molar-refractivity contribution in [2.75, 3.05) is 39.3 Å². The third kappa shape index (κ3) is 4.77. The van der Waals surface area contributed by atoms with Crippen molar-refractivity contribution in [1.29, 1.82) is 5.26 Å². The molecule has 0 aliphatic carbocycles. The Morgan fingerprint density at radius 3 is 2.59 bits per heavy atom. The number of fused-ring (bicyclic) bond motifs is 1. The second-order valence-corrected chi connectivity index (χ2v) is 7.55. The summed E-state index contributed by atoms with van der Waals surface area (Å²) in [6, 6.07) is 5.84. The van der Waals surface area contributed by atoms with Crippen LogP contribution in [0.4, 0.5) is 0 Å². The number of hydrogen-bond donors (Lipinski definition) is 0. The standard InChI is InChI=1S/C22H27N3O4/c1-15-12-18(21-16(2)17(3)22(27)29-19(21)13-15)28-14-20(26)25-10-8-24(9-11-25)7-5-4-6-23/h12-13H,4-5,7-11,14H2,1-3H3. The highest BCUT2D eigenvalue weighted by molar-refractivity contribution is 5.88. The smallest absolute Gasteiger partial charge is 0.339 e. The number of unbranched alkanes of at least 4 members (excludes halogenated alkanes) is 1. The van der Waals surface area contributed by atoms with E-state index in [1.54, 1.807) is 6.92 Å². The molecule has 0 bridgehead atoms. The van der Waals surface area contributed by atoms with Gasteiger partial charge in [0.15, 0.2) is 6.61 Å². The summed E-state index contributed by atoms with van der Waals surface area (Å²) in [5.74, 6) is 0.510. The van der Waals surface area contributed by atoms with Crippen molar-refractivity contribution >= 4 is 16.9 Å². The summed E-state index contributed by atoms with van der Waals surface area (Å²) in [7, 11) is 0. The Labute approximate surface area is 170 Å². The molecular weight excluding hydrogens is 370 g/mol. The minimum absolute atomic E-state index is 0.0510. The fourth-order valence-electron chi connectivity index (χ4n) is 3.64. The molecule has 3 rings (SSSR count). The molecule has 7 nitrogen and oxygen atoms in total. The van der Waals surface area contributed by atoms with Crippen LogP contribution < -0.4 is 10.4 Å². The Balaban J connectivity index is 1.65. The molecule has 29 heavy (non-hydrogen) atoms. The van der Waals surface area contributed by atoms with Crippen LogP contribution in [-0.2, 0) is 4.79 Å². The van der Waals surface area contributed by atoms with Gasteiger partial charge >= 0.3 is 5.63 Å². The Morgan fingerprint density at radius 2 is 1.90 bits per heavy atom. The number of rotatable bonds is 6. The van der Waals surface area contributed by atoms with Gasteiger partial charge in [0.05, 0.1) is 11.5 Å². The number of ether oxygens (including phenoxy) is 1. The lowest BCUT2D eigenvalue weighted by Gasteiger charge is -2.34. The molecule has 7 heteroatoms. The molecule has 0 saturated carbocycles. The fourth-order valence-corrected chi connectivity index (χ4v) is 3.64. The number of nitrogens with zero attached hydrogens (tertiary/aromatic N) is 3. The van der Waals surface area contributed by atoms with Crippen molar-refractivity contribution in [3.8, 4) is 11.8 Å². The van der Waals surface area contributed by atoms with E-state index in [1.807, 2.05) is 30.9 Å². The van der Waals surface area contributed by atoms with Crippen molar-refractivity contribution in [2.45, 2.75) is 33.6 Å².